The van der Waals surface area contributed by atoms with Gasteiger partial charge in [0.2, 0.25) is 5.95 Å². The van der Waals surface area contributed by atoms with Crippen LogP contribution < -0.4 is 10.6 Å². The average Bonchev–Trinajstić information content (AvgIpc) is 2.68. The van der Waals surface area contributed by atoms with Gasteiger partial charge in [-0.25, -0.2) is 4.98 Å². The summed E-state index contributed by atoms with van der Waals surface area (Å²) in [6, 6.07) is 6.41. The van der Waals surface area contributed by atoms with Crippen molar-refractivity contribution in [3.8, 4) is 0 Å². The van der Waals surface area contributed by atoms with Gasteiger partial charge in [-0.15, -0.1) is 0 Å². The first kappa shape index (κ1) is 19.8. The lowest BCUT2D eigenvalue weighted by Gasteiger charge is -2.24. The normalized spacial score (nSPS) is 14.6. The van der Waals surface area contributed by atoms with Gasteiger partial charge in [0.05, 0.1) is 0 Å². The number of allylic oxidation sites excluding steroid dienone is 2. The molecule has 0 saturated heterocycles. The fourth-order valence-electron chi connectivity index (χ4n) is 3.37. The monoisotopic (exact) mass is 376 g/mol. The van der Waals surface area contributed by atoms with E-state index in [4.69, 9.17) is 0 Å². The number of aromatic nitrogens is 2. The molecule has 3 rings (SSSR count). The maximum Gasteiger partial charge on any atom is 0.224 e. The molecule has 1 aromatic heterocycles. The molecule has 28 heavy (non-hydrogen) atoms. The van der Waals surface area contributed by atoms with Crippen molar-refractivity contribution in [3.05, 3.63) is 65.9 Å². The highest BCUT2D eigenvalue weighted by Gasteiger charge is 2.17. The second-order valence-electron chi connectivity index (χ2n) is 7.53. The highest BCUT2D eigenvalue weighted by atomic mass is 16.1. The molecule has 1 aromatic carbocycles. The molecule has 2 N–H and O–H groups in total. The Labute approximate surface area is 167 Å². The van der Waals surface area contributed by atoms with Gasteiger partial charge in [0.25, 0.3) is 0 Å². The van der Waals surface area contributed by atoms with Gasteiger partial charge in [0.15, 0.2) is 5.78 Å². The van der Waals surface area contributed by atoms with Crippen molar-refractivity contribution in [2.24, 2.45) is 0 Å². The number of carbonyl (C=O) groups excluding carboxylic acids is 1. The van der Waals surface area contributed by atoms with Crippen LogP contribution in [0.4, 0.5) is 17.5 Å². The molecule has 1 aliphatic carbocycles. The molecule has 146 valence electrons. The molecular weight excluding hydrogens is 348 g/mol. The van der Waals surface area contributed by atoms with E-state index in [2.05, 4.69) is 33.8 Å². The summed E-state index contributed by atoms with van der Waals surface area (Å²) in [5.74, 6) is 1.37. The Bertz CT molecular complexity index is 893. The molecule has 1 fully saturated rings. The predicted molar refractivity (Wildman–Crippen MR) is 115 cm³/mol. The number of aryl methyl sites for hydroxylation is 2. The number of carbonyl (C=O) groups is 1. The number of benzene rings is 1. The molecule has 5 heteroatoms. The summed E-state index contributed by atoms with van der Waals surface area (Å²) in [5, 5.41) is 6.84. The molecule has 0 aliphatic heterocycles. The van der Waals surface area contributed by atoms with E-state index in [1.54, 1.807) is 0 Å². The van der Waals surface area contributed by atoms with E-state index in [9.17, 15) is 4.79 Å². The van der Waals surface area contributed by atoms with Crippen LogP contribution in [0.3, 0.4) is 0 Å². The van der Waals surface area contributed by atoms with Crippen LogP contribution in [0.25, 0.3) is 0 Å². The molecule has 0 radical (unpaired) electrons. The van der Waals surface area contributed by atoms with Crippen LogP contribution in [0.15, 0.2) is 49.2 Å². The lowest BCUT2D eigenvalue weighted by atomic mass is 9.92. The van der Waals surface area contributed by atoms with E-state index in [0.717, 1.165) is 53.9 Å². The van der Waals surface area contributed by atoms with Crippen molar-refractivity contribution < 1.29 is 4.79 Å². The van der Waals surface area contributed by atoms with Crippen LogP contribution in [-0.2, 0) is 11.2 Å². The van der Waals surface area contributed by atoms with Crippen LogP contribution in [-0.4, -0.2) is 21.8 Å². The van der Waals surface area contributed by atoms with Crippen molar-refractivity contribution in [3.63, 3.8) is 0 Å². The van der Waals surface area contributed by atoms with Crippen molar-refractivity contribution >= 4 is 23.2 Å². The Morgan fingerprint density at radius 3 is 2.75 bits per heavy atom. The zero-order valence-corrected chi connectivity index (χ0v) is 16.7. The topological polar surface area (TPSA) is 66.9 Å². The minimum atomic E-state index is -0.00528. The molecule has 0 atom stereocenters. The van der Waals surface area contributed by atoms with Gasteiger partial charge in [-0.05, 0) is 57.2 Å². The van der Waals surface area contributed by atoms with Crippen LogP contribution >= 0.6 is 0 Å². The third-order valence-electron chi connectivity index (χ3n) is 5.10. The first-order chi connectivity index (χ1) is 13.4. The molecule has 0 bridgehead atoms. The van der Waals surface area contributed by atoms with E-state index < -0.39 is 0 Å². The third kappa shape index (κ3) is 5.06. The average molecular weight is 377 g/mol. The van der Waals surface area contributed by atoms with Crippen LogP contribution in [0.1, 0.15) is 42.4 Å². The minimum Gasteiger partial charge on any atom is -0.351 e. The van der Waals surface area contributed by atoms with Crippen LogP contribution in [0, 0.1) is 13.8 Å². The molecule has 0 spiro atoms. The Balaban J connectivity index is 1.79. The number of nitrogens with zero attached hydrogens (tertiary/aromatic N) is 2. The smallest absolute Gasteiger partial charge is 0.224 e. The molecule has 1 heterocycles. The van der Waals surface area contributed by atoms with E-state index in [-0.39, 0.29) is 5.78 Å². The molecule has 1 saturated carbocycles. The van der Waals surface area contributed by atoms with Crippen molar-refractivity contribution in [2.75, 3.05) is 10.6 Å². The van der Waals surface area contributed by atoms with E-state index in [1.165, 1.54) is 11.6 Å². The van der Waals surface area contributed by atoms with Gasteiger partial charge in [-0.2, -0.15) is 4.98 Å². The Hall–Kier alpha value is -2.95. The lowest BCUT2D eigenvalue weighted by Crippen LogP contribution is -2.24. The Morgan fingerprint density at radius 1 is 1.29 bits per heavy atom. The number of hydrogen-bond acceptors (Lipinski definition) is 5. The standard InChI is InChI=1S/C23H28N4O/c1-5-20(28)13-18-12-16(3)8-11-21(18)26-22-17(4)14-24-23(27-22)25-19-9-6-15(2)7-10-19/h5,8,11-12,14,19H,1-2,6-7,9-10,13H2,3-4H3,(H2,24,25,26,27). The summed E-state index contributed by atoms with van der Waals surface area (Å²) in [7, 11) is 0. The highest BCUT2D eigenvalue weighted by molar-refractivity contribution is 5.92. The summed E-state index contributed by atoms with van der Waals surface area (Å²) < 4.78 is 0. The highest BCUT2D eigenvalue weighted by Crippen LogP contribution is 2.26. The van der Waals surface area contributed by atoms with Gasteiger partial charge >= 0.3 is 0 Å². The zero-order valence-electron chi connectivity index (χ0n) is 16.7. The molecular formula is C23H28N4O. The fraction of sp³-hybridized carbons (Fsp3) is 0.348. The van der Waals surface area contributed by atoms with Gasteiger partial charge < -0.3 is 10.6 Å². The quantitative estimate of drug-likeness (QED) is 0.523. The molecule has 1 aliphatic rings. The molecule has 0 amide bonds. The third-order valence-corrected chi connectivity index (χ3v) is 5.10. The largest absolute Gasteiger partial charge is 0.351 e. The van der Waals surface area contributed by atoms with Crippen LogP contribution in [0.5, 0.6) is 0 Å². The summed E-state index contributed by atoms with van der Waals surface area (Å²) in [6.07, 6.45) is 7.73. The second-order valence-corrected chi connectivity index (χ2v) is 7.53. The second kappa shape index (κ2) is 8.83. The molecule has 0 unspecified atom stereocenters. The lowest BCUT2D eigenvalue weighted by molar-refractivity contribution is -0.114. The molecule has 5 nitrogen and oxygen atoms in total. The number of nitrogens with one attached hydrogen (secondary N) is 2. The maximum atomic E-state index is 11.9. The van der Waals surface area contributed by atoms with Gasteiger partial charge in [0, 0.05) is 29.9 Å². The molecule has 2 aromatic rings. The Morgan fingerprint density at radius 2 is 2.04 bits per heavy atom. The van der Waals surface area contributed by atoms with E-state index in [1.807, 2.05) is 38.2 Å². The minimum absolute atomic E-state index is 0.00528. The zero-order chi connectivity index (χ0) is 20.1. The maximum absolute atomic E-state index is 11.9. The summed E-state index contributed by atoms with van der Waals surface area (Å²) >= 11 is 0. The SMILES string of the molecule is C=CC(=O)Cc1cc(C)ccc1Nc1nc(NC2CCC(=C)CC2)ncc1C. The first-order valence-corrected chi connectivity index (χ1v) is 9.73. The Kier molecular flexibility index (Phi) is 6.24. The van der Waals surface area contributed by atoms with Crippen LogP contribution in [0.2, 0.25) is 0 Å². The summed E-state index contributed by atoms with van der Waals surface area (Å²) in [4.78, 5) is 21.0. The number of hydrogen-bond donors (Lipinski definition) is 2. The number of rotatable bonds is 7. The predicted octanol–water partition coefficient (Wildman–Crippen LogP) is 5.05. The summed E-state index contributed by atoms with van der Waals surface area (Å²) in [6.45, 7) is 11.6. The van der Waals surface area contributed by atoms with Crippen molar-refractivity contribution in [1.82, 2.24) is 9.97 Å². The van der Waals surface area contributed by atoms with Gasteiger partial charge in [0.1, 0.15) is 5.82 Å². The number of ketones is 1. The van der Waals surface area contributed by atoms with Gasteiger partial charge in [-0.1, -0.05) is 36.4 Å². The fourth-order valence-corrected chi connectivity index (χ4v) is 3.37. The number of anilines is 3. The van der Waals surface area contributed by atoms with E-state index >= 15 is 0 Å². The van der Waals surface area contributed by atoms with Gasteiger partial charge in [-0.3, -0.25) is 4.79 Å². The summed E-state index contributed by atoms with van der Waals surface area (Å²) in [5.41, 5.74) is 5.19. The first-order valence-electron chi connectivity index (χ1n) is 9.73. The van der Waals surface area contributed by atoms with Crippen molar-refractivity contribution in [2.45, 2.75) is 52.0 Å². The van der Waals surface area contributed by atoms with E-state index in [0.29, 0.717) is 18.4 Å². The van der Waals surface area contributed by atoms with Crippen molar-refractivity contribution in [1.29, 1.82) is 0 Å².